The van der Waals surface area contributed by atoms with Crippen LogP contribution in [0.15, 0.2) is 29.2 Å². The van der Waals surface area contributed by atoms with Crippen LogP contribution in [0.3, 0.4) is 0 Å². The SMILES string of the molecule is CCCOc1cccc2c(=O)c(C(=O)O)c[nH]c12. The second kappa shape index (κ2) is 4.91. The van der Waals surface area contributed by atoms with Crippen LogP contribution in [0.5, 0.6) is 5.75 Å². The van der Waals surface area contributed by atoms with E-state index in [1.807, 2.05) is 6.92 Å². The lowest BCUT2D eigenvalue weighted by atomic mass is 10.1. The molecular weight excluding hydrogens is 234 g/mol. The van der Waals surface area contributed by atoms with E-state index in [4.69, 9.17) is 9.84 Å². The fourth-order valence-electron chi connectivity index (χ4n) is 1.72. The molecule has 0 aliphatic rings. The van der Waals surface area contributed by atoms with Gasteiger partial charge >= 0.3 is 5.97 Å². The molecular formula is C13H13NO4. The molecule has 1 heterocycles. The topological polar surface area (TPSA) is 79.4 Å². The van der Waals surface area contributed by atoms with Gasteiger partial charge in [-0.2, -0.15) is 0 Å². The third kappa shape index (κ3) is 2.07. The summed E-state index contributed by atoms with van der Waals surface area (Å²) in [6.07, 6.45) is 2.06. The minimum atomic E-state index is -1.24. The van der Waals surface area contributed by atoms with Crippen molar-refractivity contribution in [3.05, 3.63) is 40.2 Å². The van der Waals surface area contributed by atoms with Crippen LogP contribution in [0.1, 0.15) is 23.7 Å². The van der Waals surface area contributed by atoms with Crippen LogP contribution in [0.25, 0.3) is 10.9 Å². The Morgan fingerprint density at radius 3 is 2.89 bits per heavy atom. The number of carboxylic acid groups (broad SMARTS) is 1. The monoisotopic (exact) mass is 247 g/mol. The first-order valence-corrected chi connectivity index (χ1v) is 5.65. The van der Waals surface area contributed by atoms with Crippen molar-refractivity contribution >= 4 is 16.9 Å². The first-order chi connectivity index (χ1) is 8.65. The summed E-state index contributed by atoms with van der Waals surface area (Å²) in [7, 11) is 0. The molecule has 2 aromatic rings. The molecule has 0 bridgehead atoms. The van der Waals surface area contributed by atoms with Gasteiger partial charge in [0.05, 0.1) is 17.5 Å². The first-order valence-electron chi connectivity index (χ1n) is 5.65. The predicted octanol–water partition coefficient (Wildman–Crippen LogP) is 2.02. The Morgan fingerprint density at radius 1 is 1.44 bits per heavy atom. The van der Waals surface area contributed by atoms with Crippen LogP contribution in [0, 0.1) is 0 Å². The van der Waals surface area contributed by atoms with E-state index in [1.54, 1.807) is 18.2 Å². The number of pyridine rings is 1. The van der Waals surface area contributed by atoms with E-state index in [9.17, 15) is 9.59 Å². The molecule has 0 saturated carbocycles. The van der Waals surface area contributed by atoms with Gasteiger partial charge in [0.1, 0.15) is 11.3 Å². The van der Waals surface area contributed by atoms with Gasteiger partial charge in [0.2, 0.25) is 5.43 Å². The average molecular weight is 247 g/mol. The lowest BCUT2D eigenvalue weighted by molar-refractivity contribution is 0.0695. The Hall–Kier alpha value is -2.30. The largest absolute Gasteiger partial charge is 0.491 e. The van der Waals surface area contributed by atoms with Crippen molar-refractivity contribution in [1.82, 2.24) is 4.98 Å². The summed E-state index contributed by atoms with van der Waals surface area (Å²) < 4.78 is 5.51. The fourth-order valence-corrected chi connectivity index (χ4v) is 1.72. The number of carboxylic acids is 1. The highest BCUT2D eigenvalue weighted by molar-refractivity contribution is 5.93. The second-order valence-corrected chi connectivity index (χ2v) is 3.86. The van der Waals surface area contributed by atoms with Crippen LogP contribution in [-0.4, -0.2) is 22.7 Å². The molecule has 0 amide bonds. The number of rotatable bonds is 4. The van der Waals surface area contributed by atoms with Crippen LogP contribution in [-0.2, 0) is 0 Å². The number of fused-ring (bicyclic) bond motifs is 1. The number of aromatic nitrogens is 1. The number of aromatic carboxylic acids is 1. The molecule has 0 radical (unpaired) electrons. The van der Waals surface area contributed by atoms with Crippen molar-refractivity contribution in [2.45, 2.75) is 13.3 Å². The van der Waals surface area contributed by atoms with Gasteiger partial charge in [0.15, 0.2) is 0 Å². The first kappa shape index (κ1) is 12.2. The number of para-hydroxylation sites is 1. The van der Waals surface area contributed by atoms with Crippen molar-refractivity contribution in [2.75, 3.05) is 6.61 Å². The second-order valence-electron chi connectivity index (χ2n) is 3.86. The zero-order valence-electron chi connectivity index (χ0n) is 9.90. The number of aromatic amines is 1. The number of H-pyrrole nitrogens is 1. The Kier molecular flexibility index (Phi) is 3.32. The maximum absolute atomic E-state index is 11.9. The van der Waals surface area contributed by atoms with Crippen LogP contribution < -0.4 is 10.2 Å². The van der Waals surface area contributed by atoms with E-state index in [0.29, 0.717) is 23.3 Å². The Morgan fingerprint density at radius 2 is 2.22 bits per heavy atom. The number of hydrogen-bond acceptors (Lipinski definition) is 3. The molecule has 0 spiro atoms. The molecule has 0 fully saturated rings. The predicted molar refractivity (Wildman–Crippen MR) is 67.3 cm³/mol. The average Bonchev–Trinajstić information content (AvgIpc) is 2.36. The maximum atomic E-state index is 11.9. The molecule has 2 N–H and O–H groups in total. The fraction of sp³-hybridized carbons (Fsp3) is 0.231. The number of ether oxygens (including phenoxy) is 1. The molecule has 1 aromatic carbocycles. The van der Waals surface area contributed by atoms with E-state index in [0.717, 1.165) is 6.42 Å². The highest BCUT2D eigenvalue weighted by Gasteiger charge is 2.13. The Bertz CT molecular complexity index is 645. The molecule has 1 aromatic heterocycles. The van der Waals surface area contributed by atoms with Crippen molar-refractivity contribution in [1.29, 1.82) is 0 Å². The summed E-state index contributed by atoms with van der Waals surface area (Å²) in [5.74, 6) is -0.679. The summed E-state index contributed by atoms with van der Waals surface area (Å²) in [5, 5.41) is 9.21. The number of benzene rings is 1. The molecule has 0 unspecified atom stereocenters. The maximum Gasteiger partial charge on any atom is 0.341 e. The molecule has 0 aliphatic carbocycles. The highest BCUT2D eigenvalue weighted by Crippen LogP contribution is 2.21. The zero-order chi connectivity index (χ0) is 13.1. The molecule has 5 heteroatoms. The van der Waals surface area contributed by atoms with E-state index < -0.39 is 11.4 Å². The minimum absolute atomic E-state index is 0.268. The van der Waals surface area contributed by atoms with Gasteiger partial charge < -0.3 is 14.8 Å². The molecule has 0 saturated heterocycles. The third-order valence-corrected chi connectivity index (χ3v) is 2.57. The summed E-state index contributed by atoms with van der Waals surface area (Å²) >= 11 is 0. The van der Waals surface area contributed by atoms with Gasteiger partial charge in [0.25, 0.3) is 0 Å². The van der Waals surface area contributed by atoms with Gasteiger partial charge in [-0.25, -0.2) is 4.79 Å². The molecule has 0 aliphatic heterocycles. The smallest absolute Gasteiger partial charge is 0.341 e. The van der Waals surface area contributed by atoms with Gasteiger partial charge in [-0.3, -0.25) is 4.79 Å². The van der Waals surface area contributed by atoms with E-state index in [-0.39, 0.29) is 5.56 Å². The molecule has 0 atom stereocenters. The van der Waals surface area contributed by atoms with Crippen LogP contribution in [0.4, 0.5) is 0 Å². The Balaban J connectivity index is 2.63. The van der Waals surface area contributed by atoms with Crippen molar-refractivity contribution in [3.63, 3.8) is 0 Å². The molecule has 18 heavy (non-hydrogen) atoms. The summed E-state index contributed by atoms with van der Waals surface area (Å²) in [5.41, 5.74) is -0.241. The van der Waals surface area contributed by atoms with Gasteiger partial charge in [0, 0.05) is 6.20 Å². The van der Waals surface area contributed by atoms with Gasteiger partial charge in [-0.05, 0) is 18.6 Å². The third-order valence-electron chi connectivity index (χ3n) is 2.57. The number of hydrogen-bond donors (Lipinski definition) is 2. The van der Waals surface area contributed by atoms with E-state index >= 15 is 0 Å². The highest BCUT2D eigenvalue weighted by atomic mass is 16.5. The molecule has 94 valence electrons. The quantitative estimate of drug-likeness (QED) is 0.866. The summed E-state index contributed by atoms with van der Waals surface area (Å²) in [6, 6.07) is 5.00. The number of nitrogens with one attached hydrogen (secondary N) is 1. The summed E-state index contributed by atoms with van der Waals surface area (Å²) in [6.45, 7) is 2.53. The lowest BCUT2D eigenvalue weighted by Gasteiger charge is -2.08. The van der Waals surface area contributed by atoms with Crippen molar-refractivity contribution < 1.29 is 14.6 Å². The Labute approximate surface area is 103 Å². The van der Waals surface area contributed by atoms with Gasteiger partial charge in [-0.15, -0.1) is 0 Å². The number of carbonyl (C=O) groups is 1. The van der Waals surface area contributed by atoms with E-state index in [1.165, 1.54) is 6.20 Å². The van der Waals surface area contributed by atoms with Crippen molar-refractivity contribution in [3.8, 4) is 5.75 Å². The zero-order valence-corrected chi connectivity index (χ0v) is 9.90. The molecule has 2 rings (SSSR count). The van der Waals surface area contributed by atoms with Crippen LogP contribution in [0.2, 0.25) is 0 Å². The van der Waals surface area contributed by atoms with Gasteiger partial charge in [-0.1, -0.05) is 13.0 Å². The van der Waals surface area contributed by atoms with E-state index in [2.05, 4.69) is 4.98 Å². The summed E-state index contributed by atoms with van der Waals surface area (Å²) in [4.78, 5) is 25.6. The lowest BCUT2D eigenvalue weighted by Crippen LogP contribution is -2.15. The minimum Gasteiger partial charge on any atom is -0.491 e. The standard InChI is InChI=1S/C13H13NO4/c1-2-6-18-10-5-3-4-8-11(10)14-7-9(12(8)15)13(16)17/h3-5,7H,2,6H2,1H3,(H,14,15)(H,16,17). The molecule has 5 nitrogen and oxygen atoms in total. The normalized spacial score (nSPS) is 10.5. The van der Waals surface area contributed by atoms with Crippen LogP contribution >= 0.6 is 0 Å². The van der Waals surface area contributed by atoms with Crippen molar-refractivity contribution in [2.24, 2.45) is 0 Å².